The molecule has 0 saturated carbocycles. The van der Waals surface area contributed by atoms with Crippen LogP contribution in [0.3, 0.4) is 0 Å². The van der Waals surface area contributed by atoms with E-state index in [1.165, 1.54) is 19.1 Å². The first-order valence-electron chi connectivity index (χ1n) is 4.91. The number of carbonyl (C=O) groups excluding carboxylic acids is 1. The van der Waals surface area contributed by atoms with Crippen molar-refractivity contribution in [2.24, 2.45) is 0 Å². The lowest BCUT2D eigenvalue weighted by molar-refractivity contribution is 0.0724. The van der Waals surface area contributed by atoms with Gasteiger partial charge < -0.3 is 15.5 Å². The first-order chi connectivity index (χ1) is 7.91. The number of halogens is 2. The topological polar surface area (TPSA) is 69.6 Å². The largest absolute Gasteiger partial charge is 0.394 e. The van der Waals surface area contributed by atoms with E-state index in [0.29, 0.717) is 0 Å². The second kappa shape index (κ2) is 5.44. The smallest absolute Gasteiger partial charge is 0.251 e. The lowest BCUT2D eigenvalue weighted by Gasteiger charge is -2.26. The van der Waals surface area contributed by atoms with Crippen LogP contribution in [0.15, 0.2) is 18.2 Å². The van der Waals surface area contributed by atoms with Crippen molar-refractivity contribution >= 4 is 17.5 Å². The van der Waals surface area contributed by atoms with Crippen LogP contribution in [0.4, 0.5) is 4.39 Å². The minimum Gasteiger partial charge on any atom is -0.394 e. The predicted octanol–water partition coefficient (Wildman–Crippen LogP) is 0.952. The third-order valence-corrected chi connectivity index (χ3v) is 2.58. The Morgan fingerprint density at radius 2 is 2.06 bits per heavy atom. The van der Waals surface area contributed by atoms with E-state index in [9.17, 15) is 9.18 Å². The molecular weight excluding hydrogens is 249 g/mol. The highest BCUT2D eigenvalue weighted by Crippen LogP contribution is 2.16. The van der Waals surface area contributed by atoms with E-state index in [1.807, 2.05) is 0 Å². The number of nitrogens with one attached hydrogen (secondary N) is 1. The molecule has 3 N–H and O–H groups in total. The molecule has 0 aliphatic rings. The van der Waals surface area contributed by atoms with E-state index in [-0.39, 0.29) is 10.6 Å². The molecule has 0 saturated heterocycles. The molecule has 17 heavy (non-hydrogen) atoms. The van der Waals surface area contributed by atoms with Crippen LogP contribution in [-0.2, 0) is 0 Å². The number of carbonyl (C=O) groups is 1. The number of aliphatic hydroxyl groups excluding tert-OH is 2. The van der Waals surface area contributed by atoms with Crippen LogP contribution < -0.4 is 5.32 Å². The molecule has 1 aromatic rings. The maximum atomic E-state index is 12.9. The molecule has 0 bridgehead atoms. The summed E-state index contributed by atoms with van der Waals surface area (Å²) in [5.74, 6) is -1.16. The van der Waals surface area contributed by atoms with Gasteiger partial charge in [0, 0.05) is 5.56 Å². The maximum absolute atomic E-state index is 12.9. The molecule has 0 aromatic heterocycles. The van der Waals surface area contributed by atoms with Gasteiger partial charge in [-0.2, -0.15) is 0 Å². The van der Waals surface area contributed by atoms with Gasteiger partial charge in [0.15, 0.2) is 0 Å². The predicted molar refractivity (Wildman–Crippen MR) is 61.5 cm³/mol. The zero-order valence-corrected chi connectivity index (χ0v) is 9.96. The van der Waals surface area contributed by atoms with E-state index in [2.05, 4.69) is 5.32 Å². The minimum absolute atomic E-state index is 0.157. The van der Waals surface area contributed by atoms with Crippen molar-refractivity contribution in [3.63, 3.8) is 0 Å². The summed E-state index contributed by atoms with van der Waals surface area (Å²) >= 11 is 5.54. The van der Waals surface area contributed by atoms with Gasteiger partial charge in [0.25, 0.3) is 5.91 Å². The number of hydrogen-bond donors (Lipinski definition) is 3. The lowest BCUT2D eigenvalue weighted by Crippen LogP contribution is -2.51. The third kappa shape index (κ3) is 3.39. The molecule has 94 valence electrons. The molecule has 1 aromatic carbocycles. The standard InChI is InChI=1S/C11H13ClFNO3/c1-11(5-15,6-16)14-10(17)7-2-3-9(13)8(12)4-7/h2-4,15-16H,5-6H2,1H3,(H,14,17). The third-order valence-electron chi connectivity index (χ3n) is 2.30. The maximum Gasteiger partial charge on any atom is 0.251 e. The molecule has 0 fully saturated rings. The first kappa shape index (κ1) is 13.9. The molecule has 0 atom stereocenters. The van der Waals surface area contributed by atoms with Crippen LogP contribution in [0, 0.1) is 5.82 Å². The van der Waals surface area contributed by atoms with Gasteiger partial charge >= 0.3 is 0 Å². The summed E-state index contributed by atoms with van der Waals surface area (Å²) in [7, 11) is 0. The number of rotatable bonds is 4. The molecule has 0 spiro atoms. The Kier molecular flexibility index (Phi) is 4.45. The second-order valence-corrected chi connectivity index (χ2v) is 4.37. The van der Waals surface area contributed by atoms with Gasteiger partial charge in [-0.1, -0.05) is 11.6 Å². The fourth-order valence-electron chi connectivity index (χ4n) is 1.11. The van der Waals surface area contributed by atoms with Gasteiger partial charge in [0.05, 0.1) is 23.8 Å². The van der Waals surface area contributed by atoms with Crippen molar-refractivity contribution in [3.05, 3.63) is 34.6 Å². The SMILES string of the molecule is CC(CO)(CO)NC(=O)c1ccc(F)c(Cl)c1. The Labute approximate surface area is 103 Å². The summed E-state index contributed by atoms with van der Waals surface area (Å²) in [6.07, 6.45) is 0. The molecule has 6 heteroatoms. The van der Waals surface area contributed by atoms with Crippen LogP contribution in [0.25, 0.3) is 0 Å². The van der Waals surface area contributed by atoms with Gasteiger partial charge in [-0.25, -0.2) is 4.39 Å². The molecular formula is C11H13ClFNO3. The van der Waals surface area contributed by atoms with Crippen LogP contribution in [0.1, 0.15) is 17.3 Å². The Morgan fingerprint density at radius 1 is 1.47 bits per heavy atom. The summed E-state index contributed by atoms with van der Waals surface area (Å²) in [4.78, 5) is 11.7. The fourth-order valence-corrected chi connectivity index (χ4v) is 1.29. The summed E-state index contributed by atoms with van der Waals surface area (Å²) in [6.45, 7) is 0.657. The van der Waals surface area contributed by atoms with E-state index in [0.717, 1.165) is 6.07 Å². The van der Waals surface area contributed by atoms with Crippen LogP contribution in [0.5, 0.6) is 0 Å². The molecule has 4 nitrogen and oxygen atoms in total. The minimum atomic E-state index is -1.13. The average molecular weight is 262 g/mol. The monoisotopic (exact) mass is 261 g/mol. The van der Waals surface area contributed by atoms with Gasteiger partial charge in [-0.3, -0.25) is 4.79 Å². The Morgan fingerprint density at radius 3 is 2.53 bits per heavy atom. The second-order valence-electron chi connectivity index (χ2n) is 3.96. The van der Waals surface area contributed by atoms with E-state index in [4.69, 9.17) is 21.8 Å². The van der Waals surface area contributed by atoms with Gasteiger partial charge in [-0.15, -0.1) is 0 Å². The Hall–Kier alpha value is -1.17. The Bertz CT molecular complexity index is 421. The number of amides is 1. The van der Waals surface area contributed by atoms with Crippen molar-refractivity contribution in [2.75, 3.05) is 13.2 Å². The normalized spacial score (nSPS) is 11.4. The first-order valence-corrected chi connectivity index (χ1v) is 5.29. The molecule has 0 unspecified atom stereocenters. The zero-order chi connectivity index (χ0) is 13.1. The summed E-state index contributed by atoms with van der Waals surface area (Å²) in [5.41, 5.74) is -0.970. The summed E-state index contributed by atoms with van der Waals surface area (Å²) in [5, 5.41) is 20.3. The van der Waals surface area contributed by atoms with Gasteiger partial charge in [0.1, 0.15) is 5.82 Å². The van der Waals surface area contributed by atoms with Crippen molar-refractivity contribution < 1.29 is 19.4 Å². The van der Waals surface area contributed by atoms with Crippen LogP contribution in [0.2, 0.25) is 5.02 Å². The van der Waals surface area contributed by atoms with E-state index < -0.39 is 30.5 Å². The van der Waals surface area contributed by atoms with E-state index in [1.54, 1.807) is 0 Å². The highest BCUT2D eigenvalue weighted by atomic mass is 35.5. The Balaban J connectivity index is 2.86. The molecule has 0 aliphatic heterocycles. The lowest BCUT2D eigenvalue weighted by atomic mass is 10.0. The fraction of sp³-hybridized carbons (Fsp3) is 0.364. The molecule has 0 aliphatic carbocycles. The average Bonchev–Trinajstić information content (AvgIpc) is 2.32. The molecule has 1 amide bonds. The van der Waals surface area contributed by atoms with Crippen molar-refractivity contribution in [1.82, 2.24) is 5.32 Å². The van der Waals surface area contributed by atoms with Gasteiger partial charge in [0.2, 0.25) is 0 Å². The molecule has 0 radical (unpaired) electrons. The van der Waals surface area contributed by atoms with Crippen LogP contribution >= 0.6 is 11.6 Å². The van der Waals surface area contributed by atoms with E-state index >= 15 is 0 Å². The van der Waals surface area contributed by atoms with Crippen molar-refractivity contribution in [3.8, 4) is 0 Å². The number of hydrogen-bond acceptors (Lipinski definition) is 3. The highest BCUT2D eigenvalue weighted by Gasteiger charge is 2.25. The summed E-state index contributed by atoms with van der Waals surface area (Å²) in [6, 6.07) is 3.53. The highest BCUT2D eigenvalue weighted by molar-refractivity contribution is 6.31. The summed E-state index contributed by atoms with van der Waals surface area (Å²) < 4.78 is 12.9. The molecule has 0 heterocycles. The molecule has 1 rings (SSSR count). The van der Waals surface area contributed by atoms with Crippen molar-refractivity contribution in [2.45, 2.75) is 12.5 Å². The van der Waals surface area contributed by atoms with Crippen LogP contribution in [-0.4, -0.2) is 34.9 Å². The zero-order valence-electron chi connectivity index (χ0n) is 9.20. The number of benzene rings is 1. The van der Waals surface area contributed by atoms with Crippen molar-refractivity contribution in [1.29, 1.82) is 0 Å². The quantitative estimate of drug-likeness (QED) is 0.756. The van der Waals surface area contributed by atoms with Gasteiger partial charge in [-0.05, 0) is 25.1 Å². The number of aliphatic hydroxyl groups is 2.